The summed E-state index contributed by atoms with van der Waals surface area (Å²) in [4.78, 5) is 8.54. The molecule has 0 aliphatic rings. The Balaban J connectivity index is 2.61. The predicted octanol–water partition coefficient (Wildman–Crippen LogP) is 0.868. The minimum Gasteiger partial charge on any atom is -0.374 e. The van der Waals surface area contributed by atoms with Gasteiger partial charge in [-0.3, -0.25) is 4.21 Å². The van der Waals surface area contributed by atoms with Crippen molar-refractivity contribution in [3.05, 3.63) is 11.9 Å². The molecule has 0 amide bonds. The zero-order valence-electron chi connectivity index (χ0n) is 12.2. The summed E-state index contributed by atoms with van der Waals surface area (Å²) in [6.45, 7) is 5.51. The largest absolute Gasteiger partial charge is 0.374 e. The first-order chi connectivity index (χ1) is 9.56. The van der Waals surface area contributed by atoms with E-state index in [-0.39, 0.29) is 5.25 Å². The summed E-state index contributed by atoms with van der Waals surface area (Å²) >= 11 is 0. The molecule has 1 aromatic rings. The van der Waals surface area contributed by atoms with Crippen LogP contribution in [0.5, 0.6) is 0 Å². The number of aromatic nitrogens is 2. The van der Waals surface area contributed by atoms with Crippen LogP contribution in [0.25, 0.3) is 0 Å². The average molecular weight is 301 g/mol. The van der Waals surface area contributed by atoms with Crippen LogP contribution in [0.4, 0.5) is 11.6 Å². The predicted molar refractivity (Wildman–Crippen MR) is 81.8 cm³/mol. The first kappa shape index (κ1) is 16.8. The summed E-state index contributed by atoms with van der Waals surface area (Å²) in [5.41, 5.74) is 2.51. The van der Waals surface area contributed by atoms with E-state index >= 15 is 0 Å². The van der Waals surface area contributed by atoms with Crippen LogP contribution in [-0.4, -0.2) is 38.8 Å². The van der Waals surface area contributed by atoms with Gasteiger partial charge in [-0.2, -0.15) is 0 Å². The maximum Gasteiger partial charge on any atom is 0.158 e. The molecular weight excluding hydrogens is 278 g/mol. The normalized spacial score (nSPS) is 13.8. The molecule has 0 spiro atoms. The highest BCUT2D eigenvalue weighted by molar-refractivity contribution is 7.84. The first-order valence-corrected chi connectivity index (χ1v) is 8.17. The second kappa shape index (κ2) is 8.83. The van der Waals surface area contributed by atoms with Gasteiger partial charge in [0.25, 0.3) is 0 Å². The third-order valence-electron chi connectivity index (χ3n) is 2.78. The lowest BCUT2D eigenvalue weighted by molar-refractivity contribution is 0.128. The Kier molecular flexibility index (Phi) is 7.42. The van der Waals surface area contributed by atoms with Crippen LogP contribution >= 0.6 is 0 Å². The standard InChI is InChI=1S/C12H23N5O2S/c1-4-19-8-12-15-10(7-11(16-12)17-13)14-6-5-9(2)20(3)18/h7,9H,4-6,8,13H2,1-3H3,(H2,14,15,16,17). The molecule has 2 unspecified atom stereocenters. The van der Waals surface area contributed by atoms with Crippen LogP contribution in [0.2, 0.25) is 0 Å². The van der Waals surface area contributed by atoms with Crippen molar-refractivity contribution in [3.8, 4) is 0 Å². The van der Waals surface area contributed by atoms with Crippen LogP contribution in [-0.2, 0) is 22.1 Å². The number of ether oxygens (including phenoxy) is 1. The van der Waals surface area contributed by atoms with Crippen molar-refractivity contribution < 1.29 is 8.95 Å². The highest BCUT2D eigenvalue weighted by atomic mass is 32.2. The topological polar surface area (TPSA) is 102 Å². The molecule has 0 fully saturated rings. The van der Waals surface area contributed by atoms with Crippen molar-refractivity contribution in [2.45, 2.75) is 32.1 Å². The Labute approximate surface area is 122 Å². The number of nitrogens with two attached hydrogens (primary N) is 1. The quantitative estimate of drug-likeness (QED) is 0.459. The molecule has 114 valence electrons. The van der Waals surface area contributed by atoms with E-state index in [0.717, 1.165) is 6.42 Å². The molecule has 0 radical (unpaired) electrons. The molecule has 1 rings (SSSR count). The zero-order valence-corrected chi connectivity index (χ0v) is 13.0. The molecule has 0 saturated carbocycles. The molecule has 2 atom stereocenters. The third kappa shape index (κ3) is 5.81. The lowest BCUT2D eigenvalue weighted by Crippen LogP contribution is -2.17. The number of hydrogen-bond donors (Lipinski definition) is 3. The smallest absolute Gasteiger partial charge is 0.158 e. The molecule has 1 aromatic heterocycles. The summed E-state index contributed by atoms with van der Waals surface area (Å²) < 4.78 is 16.6. The molecule has 0 saturated heterocycles. The lowest BCUT2D eigenvalue weighted by atomic mass is 10.3. The molecule has 8 heteroatoms. The van der Waals surface area contributed by atoms with Gasteiger partial charge in [-0.15, -0.1) is 0 Å². The SMILES string of the molecule is CCOCc1nc(NN)cc(NCCC(C)S(C)=O)n1. The van der Waals surface area contributed by atoms with Gasteiger partial charge in [-0.05, 0) is 13.3 Å². The van der Waals surface area contributed by atoms with Gasteiger partial charge in [0, 0.05) is 41.5 Å². The van der Waals surface area contributed by atoms with E-state index in [0.29, 0.717) is 37.2 Å². The van der Waals surface area contributed by atoms with Crippen LogP contribution in [0.15, 0.2) is 6.07 Å². The second-order valence-electron chi connectivity index (χ2n) is 4.36. The van der Waals surface area contributed by atoms with Crippen molar-refractivity contribution >= 4 is 22.4 Å². The number of hydrazine groups is 1. The zero-order chi connectivity index (χ0) is 15.0. The monoisotopic (exact) mass is 301 g/mol. The van der Waals surface area contributed by atoms with Crippen molar-refractivity contribution in [1.82, 2.24) is 9.97 Å². The van der Waals surface area contributed by atoms with Crippen molar-refractivity contribution in [2.24, 2.45) is 5.84 Å². The average Bonchev–Trinajstić information content (AvgIpc) is 2.44. The van der Waals surface area contributed by atoms with Gasteiger partial charge in [0.2, 0.25) is 0 Å². The summed E-state index contributed by atoms with van der Waals surface area (Å²) in [6, 6.07) is 1.73. The van der Waals surface area contributed by atoms with E-state index in [1.807, 2.05) is 13.8 Å². The fraction of sp³-hybridized carbons (Fsp3) is 0.667. The van der Waals surface area contributed by atoms with E-state index in [4.69, 9.17) is 10.6 Å². The Morgan fingerprint density at radius 2 is 2.15 bits per heavy atom. The lowest BCUT2D eigenvalue weighted by Gasteiger charge is -2.11. The summed E-state index contributed by atoms with van der Waals surface area (Å²) in [5, 5.41) is 3.34. The Bertz CT molecular complexity index is 444. The minimum absolute atomic E-state index is 0.152. The molecular formula is C12H23N5O2S. The number of nitrogens with zero attached hydrogens (tertiary/aromatic N) is 2. The van der Waals surface area contributed by atoms with Crippen LogP contribution in [0, 0.1) is 0 Å². The van der Waals surface area contributed by atoms with Crippen molar-refractivity contribution in [2.75, 3.05) is 30.1 Å². The van der Waals surface area contributed by atoms with Gasteiger partial charge in [-0.1, -0.05) is 6.92 Å². The van der Waals surface area contributed by atoms with Crippen LogP contribution < -0.4 is 16.6 Å². The molecule has 0 aliphatic heterocycles. The Morgan fingerprint density at radius 3 is 2.75 bits per heavy atom. The van der Waals surface area contributed by atoms with E-state index in [1.165, 1.54) is 0 Å². The number of nitrogen functional groups attached to an aromatic ring is 1. The highest BCUT2D eigenvalue weighted by Gasteiger charge is 2.07. The fourth-order valence-corrected chi connectivity index (χ4v) is 1.94. The molecule has 1 heterocycles. The summed E-state index contributed by atoms with van der Waals surface area (Å²) in [7, 11) is -0.808. The van der Waals surface area contributed by atoms with Gasteiger partial charge in [0.1, 0.15) is 18.2 Å². The van der Waals surface area contributed by atoms with Crippen LogP contribution in [0.1, 0.15) is 26.1 Å². The molecule has 0 aromatic carbocycles. The van der Waals surface area contributed by atoms with Crippen molar-refractivity contribution in [3.63, 3.8) is 0 Å². The van der Waals surface area contributed by atoms with Crippen molar-refractivity contribution in [1.29, 1.82) is 0 Å². The van der Waals surface area contributed by atoms with Gasteiger partial charge < -0.3 is 15.5 Å². The summed E-state index contributed by atoms with van der Waals surface area (Å²) in [5.74, 6) is 7.16. The Hall–Kier alpha value is -1.25. The van der Waals surface area contributed by atoms with Crippen LogP contribution in [0.3, 0.4) is 0 Å². The molecule has 20 heavy (non-hydrogen) atoms. The maximum absolute atomic E-state index is 11.3. The fourth-order valence-electron chi connectivity index (χ4n) is 1.49. The second-order valence-corrected chi connectivity index (χ2v) is 6.16. The van der Waals surface area contributed by atoms with E-state index < -0.39 is 10.8 Å². The van der Waals surface area contributed by atoms with Gasteiger partial charge in [0.15, 0.2) is 5.82 Å². The van der Waals surface area contributed by atoms with E-state index in [9.17, 15) is 4.21 Å². The van der Waals surface area contributed by atoms with Gasteiger partial charge in [0.05, 0.1) is 0 Å². The number of hydrogen-bond acceptors (Lipinski definition) is 7. The minimum atomic E-state index is -0.808. The summed E-state index contributed by atoms with van der Waals surface area (Å²) in [6.07, 6.45) is 2.52. The van der Waals surface area contributed by atoms with Gasteiger partial charge in [-0.25, -0.2) is 15.8 Å². The molecule has 0 aliphatic carbocycles. The third-order valence-corrected chi connectivity index (χ3v) is 4.15. The Morgan fingerprint density at radius 1 is 1.45 bits per heavy atom. The van der Waals surface area contributed by atoms with E-state index in [1.54, 1.807) is 12.3 Å². The maximum atomic E-state index is 11.3. The molecule has 4 N–H and O–H groups in total. The highest BCUT2D eigenvalue weighted by Crippen LogP contribution is 2.11. The molecule has 7 nitrogen and oxygen atoms in total. The number of anilines is 2. The molecule has 0 bridgehead atoms. The van der Waals surface area contributed by atoms with Gasteiger partial charge >= 0.3 is 0 Å². The number of nitrogens with one attached hydrogen (secondary N) is 2. The first-order valence-electron chi connectivity index (χ1n) is 6.55. The van der Waals surface area contributed by atoms with E-state index in [2.05, 4.69) is 20.7 Å². The number of rotatable bonds is 9.